The van der Waals surface area contributed by atoms with Gasteiger partial charge in [0.05, 0.1) is 6.61 Å². The summed E-state index contributed by atoms with van der Waals surface area (Å²) in [6.45, 7) is 9.36. The highest BCUT2D eigenvalue weighted by Gasteiger charge is 2.65. The van der Waals surface area contributed by atoms with E-state index in [1.807, 2.05) is 31.2 Å². The predicted molar refractivity (Wildman–Crippen MR) is 136 cm³/mol. The number of allylic oxidation sites excluding steroid dienone is 1. The van der Waals surface area contributed by atoms with Gasteiger partial charge in [0.15, 0.2) is 5.79 Å². The summed E-state index contributed by atoms with van der Waals surface area (Å²) in [5.41, 5.74) is 2.56. The maximum Gasteiger partial charge on any atom is 0.169 e. The van der Waals surface area contributed by atoms with Crippen molar-refractivity contribution in [2.45, 2.75) is 97.9 Å². The van der Waals surface area contributed by atoms with Gasteiger partial charge in [0, 0.05) is 23.3 Å². The van der Waals surface area contributed by atoms with Gasteiger partial charge >= 0.3 is 0 Å². The van der Waals surface area contributed by atoms with E-state index >= 15 is 0 Å². The van der Waals surface area contributed by atoms with E-state index in [2.05, 4.69) is 26.8 Å². The molecule has 0 spiro atoms. The first kappa shape index (κ1) is 24.5. The van der Waals surface area contributed by atoms with E-state index in [9.17, 15) is 9.90 Å². The fourth-order valence-electron chi connectivity index (χ4n) is 9.08. The maximum absolute atomic E-state index is 12.9. The largest absolute Gasteiger partial charge is 0.365 e. The van der Waals surface area contributed by atoms with Crippen LogP contribution in [0.1, 0.15) is 91.0 Å². The number of ketones is 1. The van der Waals surface area contributed by atoms with Crippen LogP contribution in [0.5, 0.6) is 0 Å². The van der Waals surface area contributed by atoms with Gasteiger partial charge in [0.25, 0.3) is 0 Å². The zero-order valence-electron chi connectivity index (χ0n) is 21.3. The van der Waals surface area contributed by atoms with Crippen molar-refractivity contribution in [3.05, 3.63) is 46.5 Å². The summed E-state index contributed by atoms with van der Waals surface area (Å²) in [5, 5.41) is 12.1. The van der Waals surface area contributed by atoms with Crippen LogP contribution >= 0.6 is 11.6 Å². The molecule has 3 saturated carbocycles. The van der Waals surface area contributed by atoms with Gasteiger partial charge in [-0.25, -0.2) is 0 Å². The number of ether oxygens (including phenoxy) is 1. The lowest BCUT2D eigenvalue weighted by Gasteiger charge is -2.60. The zero-order valence-corrected chi connectivity index (χ0v) is 22.1. The van der Waals surface area contributed by atoms with Crippen LogP contribution in [-0.2, 0) is 16.1 Å². The molecule has 1 N–H and O–H groups in total. The Balaban J connectivity index is 1.35. The molecule has 3 fully saturated rings. The Bertz CT molecular complexity index is 985. The molecule has 0 radical (unpaired) electrons. The van der Waals surface area contributed by atoms with Gasteiger partial charge in [-0.2, -0.15) is 0 Å². The number of fused-ring (bicyclic) bond motifs is 5. The Kier molecular flexibility index (Phi) is 6.10. The van der Waals surface area contributed by atoms with Gasteiger partial charge in [0.2, 0.25) is 0 Å². The third-order valence-electron chi connectivity index (χ3n) is 11.2. The van der Waals surface area contributed by atoms with Crippen molar-refractivity contribution in [2.24, 2.45) is 34.0 Å². The average Bonchev–Trinajstić information content (AvgIpc) is 3.13. The van der Waals surface area contributed by atoms with Gasteiger partial charge in [-0.3, -0.25) is 4.79 Å². The number of benzene rings is 1. The number of hydrogen-bond donors (Lipinski definition) is 1. The second-order valence-corrected chi connectivity index (χ2v) is 12.7. The number of hydrogen-bond acceptors (Lipinski definition) is 3. The SMILES string of the molecule is CC[C@]1(C(C)=O)CC[C@H]2[C@@H]3CC=C4C[C@](O)(OCc5ccc(Cl)cc5)CC[C@]4(C)[C@H]3CC[C@@]21C. The molecular weight excluding hydrogens is 444 g/mol. The van der Waals surface area contributed by atoms with Gasteiger partial charge in [-0.05, 0) is 98.1 Å². The molecule has 0 bridgehead atoms. The molecule has 0 aromatic heterocycles. The molecule has 0 heterocycles. The Labute approximate surface area is 210 Å². The highest BCUT2D eigenvalue weighted by molar-refractivity contribution is 6.30. The van der Waals surface area contributed by atoms with Gasteiger partial charge in [-0.15, -0.1) is 0 Å². The Morgan fingerprint density at radius 2 is 1.79 bits per heavy atom. The van der Waals surface area contributed by atoms with Crippen LogP contribution in [0.15, 0.2) is 35.9 Å². The highest BCUT2D eigenvalue weighted by Crippen LogP contribution is 2.70. The van der Waals surface area contributed by atoms with Gasteiger partial charge < -0.3 is 9.84 Å². The average molecular weight is 485 g/mol. The van der Waals surface area contributed by atoms with Crippen molar-refractivity contribution in [1.82, 2.24) is 0 Å². The number of Topliss-reactive ketones (excluding diaryl/α,β-unsaturated/α-hetero) is 1. The third kappa shape index (κ3) is 3.56. The smallest absolute Gasteiger partial charge is 0.169 e. The summed E-state index contributed by atoms with van der Waals surface area (Å²) >= 11 is 6.00. The summed E-state index contributed by atoms with van der Waals surface area (Å²) < 4.78 is 6.11. The Hall–Kier alpha value is -1.16. The molecule has 1 aromatic carbocycles. The van der Waals surface area contributed by atoms with Crippen molar-refractivity contribution in [1.29, 1.82) is 0 Å². The number of carbonyl (C=O) groups excluding carboxylic acids is 1. The fraction of sp³-hybridized carbons (Fsp3) is 0.700. The lowest BCUT2D eigenvalue weighted by Crippen LogP contribution is -2.55. The van der Waals surface area contributed by atoms with Crippen LogP contribution in [0.3, 0.4) is 0 Å². The van der Waals surface area contributed by atoms with Gasteiger partial charge in [-0.1, -0.05) is 56.2 Å². The molecule has 0 amide bonds. The molecule has 0 saturated heterocycles. The molecule has 3 nitrogen and oxygen atoms in total. The molecule has 1 aromatic rings. The van der Waals surface area contributed by atoms with Crippen LogP contribution in [-0.4, -0.2) is 16.7 Å². The Morgan fingerprint density at radius 3 is 2.47 bits per heavy atom. The van der Waals surface area contributed by atoms with E-state index in [1.54, 1.807) is 0 Å². The third-order valence-corrected chi connectivity index (χ3v) is 11.4. The second kappa shape index (κ2) is 8.46. The van der Waals surface area contributed by atoms with E-state index < -0.39 is 5.79 Å². The quantitative estimate of drug-likeness (QED) is 0.347. The molecule has 34 heavy (non-hydrogen) atoms. The van der Waals surface area contributed by atoms with E-state index in [1.165, 1.54) is 18.4 Å². The van der Waals surface area contributed by atoms with Crippen LogP contribution in [0.4, 0.5) is 0 Å². The topological polar surface area (TPSA) is 46.5 Å². The molecule has 7 atom stereocenters. The summed E-state index contributed by atoms with van der Waals surface area (Å²) in [7, 11) is 0. The van der Waals surface area contributed by atoms with Crippen molar-refractivity contribution in [3.8, 4) is 0 Å². The molecule has 0 aliphatic heterocycles. The first-order chi connectivity index (χ1) is 16.1. The van der Waals surface area contributed by atoms with E-state index in [0.717, 1.165) is 37.7 Å². The monoisotopic (exact) mass is 484 g/mol. The van der Waals surface area contributed by atoms with Gasteiger partial charge in [0.1, 0.15) is 5.78 Å². The molecule has 4 aliphatic rings. The van der Waals surface area contributed by atoms with Crippen molar-refractivity contribution in [3.63, 3.8) is 0 Å². The predicted octanol–water partition coefficient (Wildman–Crippen LogP) is 7.49. The normalized spacial score (nSPS) is 43.5. The highest BCUT2D eigenvalue weighted by atomic mass is 35.5. The number of rotatable bonds is 5. The van der Waals surface area contributed by atoms with Crippen molar-refractivity contribution >= 4 is 17.4 Å². The number of halogens is 1. The molecule has 4 heteroatoms. The summed E-state index contributed by atoms with van der Waals surface area (Å²) in [5.74, 6) is 1.25. The summed E-state index contributed by atoms with van der Waals surface area (Å²) in [6.07, 6.45) is 11.4. The van der Waals surface area contributed by atoms with Crippen molar-refractivity contribution in [2.75, 3.05) is 0 Å². The maximum atomic E-state index is 12.9. The minimum atomic E-state index is -1.10. The molecule has 186 valence electrons. The van der Waals surface area contributed by atoms with Crippen LogP contribution in [0.25, 0.3) is 0 Å². The zero-order chi connectivity index (χ0) is 24.4. The van der Waals surface area contributed by atoms with Crippen LogP contribution < -0.4 is 0 Å². The summed E-state index contributed by atoms with van der Waals surface area (Å²) in [4.78, 5) is 12.9. The van der Waals surface area contributed by atoms with E-state index in [0.29, 0.717) is 48.0 Å². The summed E-state index contributed by atoms with van der Waals surface area (Å²) in [6, 6.07) is 7.65. The first-order valence-corrected chi connectivity index (χ1v) is 13.8. The molecule has 5 rings (SSSR count). The first-order valence-electron chi connectivity index (χ1n) is 13.4. The lowest BCUT2D eigenvalue weighted by atomic mass is 9.45. The van der Waals surface area contributed by atoms with E-state index in [4.69, 9.17) is 16.3 Å². The van der Waals surface area contributed by atoms with E-state index in [-0.39, 0.29) is 16.2 Å². The van der Waals surface area contributed by atoms with Crippen LogP contribution in [0, 0.1) is 34.0 Å². The van der Waals surface area contributed by atoms with Crippen molar-refractivity contribution < 1.29 is 14.6 Å². The minimum Gasteiger partial charge on any atom is -0.365 e. The minimum absolute atomic E-state index is 0.129. The standard InChI is InChI=1S/C30H41ClO3/c1-5-29(20(2)32)15-13-26-24-11-8-22-18-30(33,34-19-21-6-9-23(31)10-7-21)17-16-27(22,3)25(24)12-14-28(26,29)4/h6-10,24-26,33H,5,11-19H2,1-4H3/t24-,25+,26+,27+,28+,29-,30-/m1/s1. The molecule has 0 unspecified atom stereocenters. The number of carbonyl (C=O) groups is 1. The lowest BCUT2D eigenvalue weighted by molar-refractivity contribution is -0.231. The second-order valence-electron chi connectivity index (χ2n) is 12.3. The fourth-order valence-corrected chi connectivity index (χ4v) is 9.21. The van der Waals surface area contributed by atoms with Crippen LogP contribution in [0.2, 0.25) is 5.02 Å². The molecule has 4 aliphatic carbocycles. The molecular formula is C30H41ClO3. The Morgan fingerprint density at radius 1 is 1.09 bits per heavy atom. The number of aliphatic hydroxyl groups is 1.